The van der Waals surface area contributed by atoms with Crippen LogP contribution in [0.15, 0.2) is 18.2 Å². The molecular weight excluding hydrogens is 275 g/mol. The molecule has 0 atom stereocenters. The molecule has 0 fully saturated rings. The first-order valence-corrected chi connectivity index (χ1v) is 5.85. The Morgan fingerprint density at radius 2 is 1.89 bits per heavy atom. The molecule has 0 bridgehead atoms. The zero-order valence-corrected chi connectivity index (χ0v) is 9.56. The Morgan fingerprint density at radius 1 is 1.28 bits per heavy atom. The van der Waals surface area contributed by atoms with E-state index in [9.17, 15) is 25.3 Å². The van der Waals surface area contributed by atoms with Crippen LogP contribution in [0.4, 0.5) is 16.8 Å². The monoisotopic (exact) mass is 281 g/mol. The van der Waals surface area contributed by atoms with Crippen molar-refractivity contribution in [3.63, 3.8) is 0 Å². The van der Waals surface area contributed by atoms with Crippen LogP contribution >= 0.6 is 0 Å². The Bertz CT molecular complexity index is 589. The van der Waals surface area contributed by atoms with Crippen molar-refractivity contribution < 1.29 is 29.4 Å². The lowest BCUT2D eigenvalue weighted by atomic mass is 9.81. The second-order valence-electron chi connectivity index (χ2n) is 3.40. The van der Waals surface area contributed by atoms with E-state index in [0.717, 1.165) is 18.2 Å². The third kappa shape index (κ3) is 5.10. The first-order valence-electron chi connectivity index (χ1n) is 4.55. The zero-order valence-electron chi connectivity index (χ0n) is 8.74. The first kappa shape index (κ1) is 14.4. The van der Waals surface area contributed by atoms with Crippen LogP contribution in [0.25, 0.3) is 0 Å². The summed E-state index contributed by atoms with van der Waals surface area (Å²) >= 11 is 0. The van der Waals surface area contributed by atoms with Crippen molar-refractivity contribution in [2.24, 2.45) is 0 Å². The van der Waals surface area contributed by atoms with Gasteiger partial charge in [-0.1, -0.05) is 21.7 Å². The highest BCUT2D eigenvalue weighted by molar-refractivity contribution is 7.81. The Kier molecular flexibility index (Phi) is 3.91. The van der Waals surface area contributed by atoms with Crippen molar-refractivity contribution in [2.45, 2.75) is 6.32 Å². The van der Waals surface area contributed by atoms with E-state index in [0.29, 0.717) is 0 Å². The lowest BCUT2D eigenvalue weighted by Crippen LogP contribution is -2.19. The minimum absolute atomic E-state index is 0.0359. The van der Waals surface area contributed by atoms with E-state index in [1.54, 1.807) is 0 Å². The van der Waals surface area contributed by atoms with E-state index in [4.69, 9.17) is 6.42 Å². The minimum Gasteiger partial charge on any atom is -0.449 e. The van der Waals surface area contributed by atoms with Gasteiger partial charge in [0.1, 0.15) is 5.75 Å². The molecule has 9 heteroatoms. The molecular formula is C9H6BF4O3S-. The average Bonchev–Trinajstić information content (AvgIpc) is 2.11. The van der Waals surface area contributed by atoms with Crippen LogP contribution in [0.3, 0.4) is 0 Å². The molecule has 3 nitrogen and oxygen atoms in total. The minimum atomic E-state index is -5.31. The first-order chi connectivity index (χ1) is 8.09. The SMILES string of the molecule is C#Cc1cc(C[B-](F)(F)F)cc(OS(=O)(=O)F)c1. The van der Waals surface area contributed by atoms with Gasteiger partial charge in [0.25, 0.3) is 0 Å². The lowest BCUT2D eigenvalue weighted by Gasteiger charge is -2.14. The van der Waals surface area contributed by atoms with Gasteiger partial charge in [0.15, 0.2) is 0 Å². The highest BCUT2D eigenvalue weighted by Gasteiger charge is 2.24. The van der Waals surface area contributed by atoms with Crippen molar-refractivity contribution in [1.29, 1.82) is 0 Å². The van der Waals surface area contributed by atoms with Crippen molar-refractivity contribution in [3.05, 3.63) is 29.3 Å². The summed E-state index contributed by atoms with van der Waals surface area (Å²) in [5.74, 6) is 1.43. The fourth-order valence-electron chi connectivity index (χ4n) is 1.29. The predicted octanol–water partition coefficient (Wildman–Crippen LogP) is 2.19. The van der Waals surface area contributed by atoms with Gasteiger partial charge < -0.3 is 17.1 Å². The molecule has 0 amide bonds. The molecule has 0 radical (unpaired) electrons. The second-order valence-corrected chi connectivity index (χ2v) is 4.35. The molecule has 0 aliphatic heterocycles. The molecule has 1 aromatic carbocycles. The van der Waals surface area contributed by atoms with E-state index in [-0.39, 0.29) is 11.1 Å². The van der Waals surface area contributed by atoms with Gasteiger partial charge in [-0.05, 0) is 18.2 Å². The zero-order chi connectivity index (χ0) is 14.0. The van der Waals surface area contributed by atoms with Crippen molar-refractivity contribution >= 4 is 17.5 Å². The van der Waals surface area contributed by atoms with Crippen LogP contribution in [0.2, 0.25) is 0 Å². The van der Waals surface area contributed by atoms with Gasteiger partial charge in [-0.25, -0.2) is 0 Å². The van der Waals surface area contributed by atoms with Gasteiger partial charge in [0.2, 0.25) is 0 Å². The largest absolute Gasteiger partial charge is 0.488 e. The standard InChI is InChI=1S/C9H6BF4O3S/c1-2-7-3-8(6-10(11,12)13)5-9(4-7)17-18(14,15)16/h1,3-5H,6H2/q-1. The van der Waals surface area contributed by atoms with Gasteiger partial charge in [0.05, 0.1) is 0 Å². The Balaban J connectivity index is 3.14. The van der Waals surface area contributed by atoms with Crippen LogP contribution < -0.4 is 4.18 Å². The van der Waals surface area contributed by atoms with Gasteiger partial charge in [-0.2, -0.15) is 8.42 Å². The van der Waals surface area contributed by atoms with Gasteiger partial charge >= 0.3 is 17.5 Å². The average molecular weight is 281 g/mol. The maximum atomic E-state index is 12.3. The number of benzene rings is 1. The molecule has 0 spiro atoms. The Hall–Kier alpha value is -1.69. The molecule has 0 heterocycles. The summed E-state index contributed by atoms with van der Waals surface area (Å²) in [6, 6.07) is 2.77. The van der Waals surface area contributed by atoms with Gasteiger partial charge in [-0.3, -0.25) is 0 Å². The molecule has 1 rings (SSSR count). The number of hydrogen-bond donors (Lipinski definition) is 0. The lowest BCUT2D eigenvalue weighted by molar-refractivity contribution is 0.440. The molecule has 98 valence electrons. The Labute approximate surface area is 101 Å². The topological polar surface area (TPSA) is 43.4 Å². The third-order valence-corrected chi connectivity index (χ3v) is 2.19. The van der Waals surface area contributed by atoms with Crippen molar-refractivity contribution in [1.82, 2.24) is 0 Å². The summed E-state index contributed by atoms with van der Waals surface area (Å²) in [7, 11) is -5.31. The molecule has 18 heavy (non-hydrogen) atoms. The van der Waals surface area contributed by atoms with Crippen LogP contribution in [-0.4, -0.2) is 15.4 Å². The maximum absolute atomic E-state index is 12.3. The molecule has 0 aliphatic rings. The van der Waals surface area contributed by atoms with Crippen LogP contribution in [0, 0.1) is 12.3 Å². The summed E-state index contributed by atoms with van der Waals surface area (Å²) < 4.78 is 73.3. The predicted molar refractivity (Wildman–Crippen MR) is 57.8 cm³/mol. The fourth-order valence-corrected chi connectivity index (χ4v) is 1.62. The van der Waals surface area contributed by atoms with Gasteiger partial charge in [0, 0.05) is 5.56 Å². The van der Waals surface area contributed by atoms with E-state index < -0.39 is 29.6 Å². The smallest absolute Gasteiger partial charge is 0.449 e. The normalized spacial score (nSPS) is 11.9. The number of rotatable bonds is 4. The highest BCUT2D eigenvalue weighted by atomic mass is 32.3. The van der Waals surface area contributed by atoms with Crippen LogP contribution in [0.1, 0.15) is 11.1 Å². The van der Waals surface area contributed by atoms with E-state index in [2.05, 4.69) is 4.18 Å². The van der Waals surface area contributed by atoms with Crippen molar-refractivity contribution in [3.8, 4) is 18.1 Å². The van der Waals surface area contributed by atoms with Crippen LogP contribution in [-0.2, 0) is 16.8 Å². The van der Waals surface area contributed by atoms with E-state index in [1.807, 2.05) is 5.92 Å². The fraction of sp³-hybridized carbons (Fsp3) is 0.111. The number of terminal acetylenes is 1. The third-order valence-electron chi connectivity index (χ3n) is 1.80. The molecule has 0 saturated heterocycles. The Morgan fingerprint density at radius 3 is 2.33 bits per heavy atom. The van der Waals surface area contributed by atoms with Crippen molar-refractivity contribution in [2.75, 3.05) is 0 Å². The molecule has 0 aromatic heterocycles. The number of hydrogen-bond acceptors (Lipinski definition) is 3. The maximum Gasteiger partial charge on any atom is 0.488 e. The summed E-state index contributed by atoms with van der Waals surface area (Å²) in [5.41, 5.74) is -0.331. The summed E-state index contributed by atoms with van der Waals surface area (Å²) in [4.78, 5) is 0. The van der Waals surface area contributed by atoms with Gasteiger partial charge in [-0.15, -0.1) is 6.42 Å². The molecule has 0 saturated carbocycles. The molecule has 0 aliphatic carbocycles. The van der Waals surface area contributed by atoms with E-state index >= 15 is 0 Å². The van der Waals surface area contributed by atoms with E-state index in [1.165, 1.54) is 0 Å². The second kappa shape index (κ2) is 4.90. The molecule has 1 aromatic rings. The highest BCUT2D eigenvalue weighted by Crippen LogP contribution is 2.23. The summed E-state index contributed by atoms with van der Waals surface area (Å²) in [6.45, 7) is -5.12. The molecule has 0 unspecified atom stereocenters. The number of halogens is 4. The van der Waals surface area contributed by atoms with Crippen LogP contribution in [0.5, 0.6) is 5.75 Å². The summed E-state index contributed by atoms with van der Waals surface area (Å²) in [5, 5.41) is 0. The summed E-state index contributed by atoms with van der Waals surface area (Å²) in [6.07, 6.45) is 3.72. The quantitative estimate of drug-likeness (QED) is 0.368. The molecule has 0 N–H and O–H groups in total.